The van der Waals surface area contributed by atoms with Gasteiger partial charge in [-0.25, -0.2) is 0 Å². The molecule has 1 atom stereocenters. The number of alkyl halides is 3. The van der Waals surface area contributed by atoms with Crippen molar-refractivity contribution in [2.24, 2.45) is 0 Å². The van der Waals surface area contributed by atoms with Crippen molar-refractivity contribution in [3.8, 4) is 0 Å². The van der Waals surface area contributed by atoms with Crippen molar-refractivity contribution in [2.45, 2.75) is 18.6 Å². The lowest BCUT2D eigenvalue weighted by molar-refractivity contribution is -0.151. The van der Waals surface area contributed by atoms with Crippen molar-refractivity contribution in [3.63, 3.8) is 0 Å². The van der Waals surface area contributed by atoms with E-state index in [2.05, 4.69) is 5.32 Å². The van der Waals surface area contributed by atoms with Crippen LogP contribution in [0.1, 0.15) is 6.42 Å². The van der Waals surface area contributed by atoms with Crippen LogP contribution in [0.5, 0.6) is 0 Å². The van der Waals surface area contributed by atoms with E-state index in [1.54, 1.807) is 0 Å². The highest BCUT2D eigenvalue weighted by Crippen LogP contribution is 2.20. The van der Waals surface area contributed by atoms with E-state index in [0.29, 0.717) is 13.1 Å². The largest absolute Gasteiger partial charge is 0.480 e. The van der Waals surface area contributed by atoms with E-state index in [4.69, 9.17) is 5.11 Å². The normalized spacial score (nSPS) is 24.1. The lowest BCUT2D eigenvalue weighted by Gasteiger charge is -2.33. The number of nitrogens with one attached hydrogen (secondary N) is 1. The zero-order valence-electron chi connectivity index (χ0n) is 8.05. The van der Waals surface area contributed by atoms with Crippen LogP contribution in [-0.4, -0.2) is 54.4 Å². The van der Waals surface area contributed by atoms with Gasteiger partial charge in [0.25, 0.3) is 0 Å². The predicted octanol–water partition coefficient (Wildman–Crippen LogP) is 0.297. The van der Waals surface area contributed by atoms with Crippen LogP contribution < -0.4 is 5.32 Å². The van der Waals surface area contributed by atoms with Gasteiger partial charge in [0.15, 0.2) is 0 Å². The number of carboxylic acids is 1. The Morgan fingerprint density at radius 3 is 2.73 bits per heavy atom. The number of carboxylic acid groups (broad SMARTS) is 1. The molecule has 0 bridgehead atoms. The molecule has 0 aromatic carbocycles. The van der Waals surface area contributed by atoms with Crippen LogP contribution in [0.15, 0.2) is 0 Å². The van der Waals surface area contributed by atoms with Crippen molar-refractivity contribution < 1.29 is 23.1 Å². The van der Waals surface area contributed by atoms with Gasteiger partial charge in [-0.1, -0.05) is 0 Å². The van der Waals surface area contributed by atoms with Crippen LogP contribution in [0.3, 0.4) is 0 Å². The molecule has 7 heteroatoms. The van der Waals surface area contributed by atoms with E-state index in [1.165, 1.54) is 4.90 Å². The summed E-state index contributed by atoms with van der Waals surface area (Å²) in [5.41, 5.74) is 0. The van der Waals surface area contributed by atoms with Gasteiger partial charge >= 0.3 is 12.1 Å². The second-order valence-electron chi connectivity index (χ2n) is 3.46. The third-order valence-electron chi connectivity index (χ3n) is 2.32. The van der Waals surface area contributed by atoms with Crippen molar-refractivity contribution in [3.05, 3.63) is 0 Å². The average Bonchev–Trinajstić information content (AvgIpc) is 2.14. The van der Waals surface area contributed by atoms with Crippen molar-refractivity contribution in [2.75, 3.05) is 26.2 Å². The summed E-state index contributed by atoms with van der Waals surface area (Å²) >= 11 is 0. The van der Waals surface area contributed by atoms with Crippen LogP contribution in [0.25, 0.3) is 0 Å². The van der Waals surface area contributed by atoms with Crippen LogP contribution in [0.4, 0.5) is 13.2 Å². The fraction of sp³-hybridized carbons (Fsp3) is 0.875. The molecule has 4 nitrogen and oxygen atoms in total. The van der Waals surface area contributed by atoms with E-state index in [1.807, 2.05) is 0 Å². The monoisotopic (exact) mass is 226 g/mol. The van der Waals surface area contributed by atoms with E-state index in [0.717, 1.165) is 0 Å². The Balaban J connectivity index is 2.46. The number of halogens is 3. The summed E-state index contributed by atoms with van der Waals surface area (Å²) in [5, 5.41) is 11.6. The number of carbonyl (C=O) groups is 1. The van der Waals surface area contributed by atoms with Gasteiger partial charge in [-0.15, -0.1) is 0 Å². The van der Waals surface area contributed by atoms with Crippen molar-refractivity contribution in [1.29, 1.82) is 0 Å². The SMILES string of the molecule is O=C(O)C1CNCCN1CCC(F)(F)F. The molecule has 0 radical (unpaired) electrons. The van der Waals surface area contributed by atoms with Gasteiger partial charge < -0.3 is 10.4 Å². The lowest BCUT2D eigenvalue weighted by Crippen LogP contribution is -2.55. The molecule has 0 aliphatic carbocycles. The van der Waals surface area contributed by atoms with Gasteiger partial charge in [-0.05, 0) is 0 Å². The Labute approximate surface area is 85.1 Å². The molecule has 0 amide bonds. The number of nitrogens with zero attached hydrogens (tertiary/aromatic N) is 1. The predicted molar refractivity (Wildman–Crippen MR) is 46.5 cm³/mol. The second-order valence-corrected chi connectivity index (χ2v) is 3.46. The molecular weight excluding hydrogens is 213 g/mol. The summed E-state index contributed by atoms with van der Waals surface area (Å²) < 4.78 is 35.8. The van der Waals surface area contributed by atoms with E-state index < -0.39 is 24.6 Å². The highest BCUT2D eigenvalue weighted by atomic mass is 19.4. The van der Waals surface area contributed by atoms with E-state index in [-0.39, 0.29) is 13.1 Å². The Morgan fingerprint density at radius 1 is 1.53 bits per heavy atom. The summed E-state index contributed by atoms with van der Waals surface area (Å²) in [6.45, 7) is 0.823. The molecule has 0 saturated carbocycles. The maximum absolute atomic E-state index is 11.9. The van der Waals surface area contributed by atoms with E-state index >= 15 is 0 Å². The molecule has 1 rings (SSSR count). The minimum atomic E-state index is -4.23. The number of hydrogen-bond donors (Lipinski definition) is 2. The first-order chi connectivity index (χ1) is 6.90. The molecule has 1 aliphatic rings. The van der Waals surface area contributed by atoms with Gasteiger partial charge in [0, 0.05) is 26.2 Å². The molecule has 88 valence electrons. The van der Waals surface area contributed by atoms with Crippen LogP contribution in [0, 0.1) is 0 Å². The van der Waals surface area contributed by atoms with Gasteiger partial charge in [-0.3, -0.25) is 9.69 Å². The topological polar surface area (TPSA) is 52.6 Å². The van der Waals surface area contributed by atoms with Gasteiger partial charge in [0.2, 0.25) is 0 Å². The first-order valence-electron chi connectivity index (χ1n) is 4.64. The van der Waals surface area contributed by atoms with Gasteiger partial charge in [0.05, 0.1) is 6.42 Å². The number of hydrogen-bond acceptors (Lipinski definition) is 3. The molecule has 0 aromatic heterocycles. The molecule has 1 heterocycles. The third kappa shape index (κ3) is 4.05. The molecule has 15 heavy (non-hydrogen) atoms. The van der Waals surface area contributed by atoms with Crippen LogP contribution in [0.2, 0.25) is 0 Å². The second kappa shape index (κ2) is 4.80. The third-order valence-corrected chi connectivity index (χ3v) is 2.32. The first kappa shape index (κ1) is 12.3. The van der Waals surface area contributed by atoms with Crippen LogP contribution >= 0.6 is 0 Å². The molecule has 1 unspecified atom stereocenters. The molecule has 1 aliphatic heterocycles. The quantitative estimate of drug-likeness (QED) is 0.726. The molecular formula is C8H13F3N2O2. The standard InChI is InChI=1S/C8H13F3N2O2/c9-8(10,11)1-3-13-4-2-12-5-6(13)7(14)15/h6,12H,1-5H2,(H,14,15). The average molecular weight is 226 g/mol. The van der Waals surface area contributed by atoms with Crippen LogP contribution in [-0.2, 0) is 4.79 Å². The highest BCUT2D eigenvalue weighted by molar-refractivity contribution is 5.73. The van der Waals surface area contributed by atoms with Crippen molar-refractivity contribution in [1.82, 2.24) is 10.2 Å². The number of rotatable bonds is 3. The zero-order valence-corrected chi connectivity index (χ0v) is 8.05. The lowest BCUT2D eigenvalue weighted by atomic mass is 10.2. The summed E-state index contributed by atoms with van der Waals surface area (Å²) in [6, 6.07) is -0.846. The van der Waals surface area contributed by atoms with Crippen molar-refractivity contribution >= 4 is 5.97 Å². The molecule has 1 saturated heterocycles. The zero-order chi connectivity index (χ0) is 11.5. The van der Waals surface area contributed by atoms with Gasteiger partial charge in [-0.2, -0.15) is 13.2 Å². The minimum absolute atomic E-state index is 0.202. The van der Waals surface area contributed by atoms with Gasteiger partial charge in [0.1, 0.15) is 6.04 Å². The summed E-state index contributed by atoms with van der Waals surface area (Å²) in [4.78, 5) is 12.1. The Hall–Kier alpha value is -0.820. The number of piperazine rings is 1. The smallest absolute Gasteiger partial charge is 0.390 e. The molecule has 2 N–H and O–H groups in total. The Bertz CT molecular complexity index is 232. The molecule has 1 fully saturated rings. The minimum Gasteiger partial charge on any atom is -0.480 e. The summed E-state index contributed by atoms with van der Waals surface area (Å²) in [7, 11) is 0. The molecule has 0 aromatic rings. The van der Waals surface area contributed by atoms with E-state index in [9.17, 15) is 18.0 Å². The molecule has 0 spiro atoms. The maximum Gasteiger partial charge on any atom is 0.390 e. The fourth-order valence-electron chi connectivity index (χ4n) is 1.53. The summed E-state index contributed by atoms with van der Waals surface area (Å²) in [6.07, 6.45) is -5.19. The number of aliphatic carboxylic acids is 1. The maximum atomic E-state index is 11.9. The Morgan fingerprint density at radius 2 is 2.20 bits per heavy atom. The summed E-state index contributed by atoms with van der Waals surface area (Å²) in [5.74, 6) is -1.08. The highest BCUT2D eigenvalue weighted by Gasteiger charge is 2.33. The fourth-order valence-corrected chi connectivity index (χ4v) is 1.53. The first-order valence-corrected chi connectivity index (χ1v) is 4.64. The Kier molecular flexibility index (Phi) is 3.92.